The van der Waals surface area contributed by atoms with E-state index in [0.717, 1.165) is 0 Å². The van der Waals surface area contributed by atoms with E-state index in [1.807, 2.05) is 0 Å². The average Bonchev–Trinajstić information content (AvgIpc) is 1.35. The maximum absolute atomic E-state index is 9.70. The van der Waals surface area contributed by atoms with Crippen LogP contribution in [0.3, 0.4) is 0 Å². The zero-order valence-corrected chi connectivity index (χ0v) is 4.06. The third kappa shape index (κ3) is 3.63. The molecule has 0 amide bonds. The molecule has 0 saturated heterocycles. The van der Waals surface area contributed by atoms with Crippen LogP contribution in [0.5, 0.6) is 0 Å². The van der Waals surface area contributed by atoms with E-state index in [-0.39, 0.29) is 1.43 Å². The Bertz CT molecular complexity index is 57.2. The molecule has 6 heavy (non-hydrogen) atoms. The summed E-state index contributed by atoms with van der Waals surface area (Å²) < 4.78 is 0. The van der Waals surface area contributed by atoms with E-state index in [0.29, 0.717) is 6.29 Å². The second-order valence-electron chi connectivity index (χ2n) is 1.94. The molecule has 2 heteroatoms. The Morgan fingerprint density at radius 3 is 2.00 bits per heavy atom. The fourth-order valence-corrected chi connectivity index (χ4v) is 0. The van der Waals surface area contributed by atoms with Crippen molar-refractivity contribution in [3.05, 3.63) is 0 Å². The molecule has 0 unspecified atom stereocenters. The quantitative estimate of drug-likeness (QED) is 0.465. The van der Waals surface area contributed by atoms with Gasteiger partial charge in [0, 0.05) is 1.43 Å². The summed E-state index contributed by atoms with van der Waals surface area (Å²) in [6.45, 7) is 3.31. The van der Waals surface area contributed by atoms with Gasteiger partial charge in [-0.25, -0.2) is 0 Å². The van der Waals surface area contributed by atoms with Crippen LogP contribution < -0.4 is 5.73 Å². The van der Waals surface area contributed by atoms with Gasteiger partial charge < -0.3 is 10.5 Å². The van der Waals surface area contributed by atoms with E-state index in [4.69, 9.17) is 5.73 Å². The van der Waals surface area contributed by atoms with Crippen molar-refractivity contribution in [1.82, 2.24) is 0 Å². The number of hydrogen-bond donors (Lipinski definition) is 1. The van der Waals surface area contributed by atoms with Gasteiger partial charge in [-0.2, -0.15) is 0 Å². The fourth-order valence-electron chi connectivity index (χ4n) is 0. The van der Waals surface area contributed by atoms with Gasteiger partial charge in [0.1, 0.15) is 6.29 Å². The molecule has 0 rings (SSSR count). The molecular weight excluding hydrogens is 78.0 g/mol. The number of hydrogen-bond acceptors (Lipinski definition) is 2. The van der Waals surface area contributed by atoms with Gasteiger partial charge in [0.2, 0.25) is 0 Å². The molecule has 0 aromatic rings. The lowest BCUT2D eigenvalue weighted by Gasteiger charge is -2.04. The summed E-state index contributed by atoms with van der Waals surface area (Å²) in [5, 5.41) is 0. The Morgan fingerprint density at radius 1 is 1.83 bits per heavy atom. The van der Waals surface area contributed by atoms with Gasteiger partial charge in [0.25, 0.3) is 0 Å². The van der Waals surface area contributed by atoms with E-state index in [1.165, 1.54) is 0 Å². The summed E-state index contributed by atoms with van der Waals surface area (Å²) in [5.74, 6) is 0. The molecule has 0 aromatic carbocycles. The summed E-state index contributed by atoms with van der Waals surface area (Å²) in [6, 6.07) is 0. The van der Waals surface area contributed by atoms with Gasteiger partial charge in [0.05, 0.1) is 5.54 Å². The molecule has 0 aliphatic carbocycles. The average molecular weight is 89.1 g/mol. The Morgan fingerprint density at radius 2 is 2.00 bits per heavy atom. The van der Waals surface area contributed by atoms with Crippen LogP contribution in [0.25, 0.3) is 0 Å². The lowest BCUT2D eigenvalue weighted by molar-refractivity contribution is -0.111. The van der Waals surface area contributed by atoms with E-state index >= 15 is 0 Å². The highest BCUT2D eigenvalue weighted by atomic mass is 16.1. The zero-order valence-electron chi connectivity index (χ0n) is 4.06. The van der Waals surface area contributed by atoms with Crippen LogP contribution in [0.15, 0.2) is 0 Å². The molecule has 0 bridgehead atoms. The molecule has 0 aromatic heterocycles. The van der Waals surface area contributed by atoms with Crippen LogP contribution in [0, 0.1) is 0 Å². The topological polar surface area (TPSA) is 43.1 Å². The molecule has 0 radical (unpaired) electrons. The normalized spacial score (nSPS) is 11.2. The van der Waals surface area contributed by atoms with Crippen molar-refractivity contribution in [3.63, 3.8) is 0 Å². The number of aldehydes is 1. The SMILES string of the molecule is CC(C)(N)C=O.[HH]. The molecule has 0 fully saturated rings. The van der Waals surface area contributed by atoms with Crippen LogP contribution in [0.4, 0.5) is 0 Å². The molecule has 0 aliphatic heterocycles. The van der Waals surface area contributed by atoms with E-state index in [2.05, 4.69) is 0 Å². The third-order valence-corrected chi connectivity index (χ3v) is 0.304. The van der Waals surface area contributed by atoms with E-state index in [9.17, 15) is 4.79 Å². The molecule has 2 nitrogen and oxygen atoms in total. The molecule has 0 aliphatic rings. The Hall–Kier alpha value is -0.370. The second-order valence-corrected chi connectivity index (χ2v) is 1.94. The maximum Gasteiger partial charge on any atom is 0.139 e. The first-order valence-corrected chi connectivity index (χ1v) is 1.81. The minimum absolute atomic E-state index is 0. The van der Waals surface area contributed by atoms with Crippen molar-refractivity contribution in [3.8, 4) is 0 Å². The van der Waals surface area contributed by atoms with Gasteiger partial charge in [-0.3, -0.25) is 0 Å². The van der Waals surface area contributed by atoms with Crippen LogP contribution in [-0.4, -0.2) is 11.8 Å². The van der Waals surface area contributed by atoms with Crippen LogP contribution in [0.2, 0.25) is 0 Å². The van der Waals surface area contributed by atoms with E-state index < -0.39 is 5.54 Å². The van der Waals surface area contributed by atoms with Crippen molar-refractivity contribution in [1.29, 1.82) is 0 Å². The van der Waals surface area contributed by atoms with Crippen molar-refractivity contribution in [2.75, 3.05) is 0 Å². The molecule has 0 saturated carbocycles. The summed E-state index contributed by atoms with van der Waals surface area (Å²) >= 11 is 0. The molecule has 0 heterocycles. The first-order chi connectivity index (χ1) is 2.56. The molecular formula is C4H11NO. The lowest BCUT2D eigenvalue weighted by Crippen LogP contribution is -2.33. The van der Waals surface area contributed by atoms with Crippen molar-refractivity contribution >= 4 is 6.29 Å². The molecule has 0 spiro atoms. The first kappa shape index (κ1) is 5.63. The predicted molar refractivity (Wildman–Crippen MR) is 26.4 cm³/mol. The lowest BCUT2D eigenvalue weighted by atomic mass is 10.1. The largest absolute Gasteiger partial charge is 0.320 e. The second kappa shape index (κ2) is 1.39. The van der Waals surface area contributed by atoms with Crippen molar-refractivity contribution in [2.24, 2.45) is 5.73 Å². The summed E-state index contributed by atoms with van der Waals surface area (Å²) in [5.41, 5.74) is 4.53. The standard InChI is InChI=1S/C4H9NO.H2/c1-4(2,5)3-6;/h3H,5H2,1-2H3;1H. The third-order valence-electron chi connectivity index (χ3n) is 0.304. The molecule has 2 N–H and O–H groups in total. The van der Waals surface area contributed by atoms with Gasteiger partial charge in [-0.15, -0.1) is 0 Å². The highest BCUT2D eigenvalue weighted by molar-refractivity contribution is 5.61. The maximum atomic E-state index is 9.70. The number of carbonyl (C=O) groups is 1. The minimum Gasteiger partial charge on any atom is -0.320 e. The van der Waals surface area contributed by atoms with Crippen molar-refractivity contribution < 1.29 is 6.22 Å². The summed E-state index contributed by atoms with van der Waals surface area (Å²) in [6.07, 6.45) is 0.715. The Balaban J connectivity index is 0. The fraction of sp³-hybridized carbons (Fsp3) is 0.750. The van der Waals surface area contributed by atoms with Gasteiger partial charge in [-0.05, 0) is 13.8 Å². The highest BCUT2D eigenvalue weighted by Gasteiger charge is 2.04. The summed E-state index contributed by atoms with van der Waals surface area (Å²) in [7, 11) is 0. The Kier molecular flexibility index (Phi) is 1.30. The Labute approximate surface area is 38.8 Å². The smallest absolute Gasteiger partial charge is 0.139 e. The van der Waals surface area contributed by atoms with Gasteiger partial charge >= 0.3 is 0 Å². The van der Waals surface area contributed by atoms with Gasteiger partial charge in [0.15, 0.2) is 0 Å². The zero-order chi connectivity index (χ0) is 5.21. The van der Waals surface area contributed by atoms with Crippen LogP contribution >= 0.6 is 0 Å². The predicted octanol–water partition coefficient (Wildman–Crippen LogP) is 0.169. The van der Waals surface area contributed by atoms with Gasteiger partial charge in [-0.1, -0.05) is 0 Å². The van der Waals surface area contributed by atoms with E-state index in [1.54, 1.807) is 13.8 Å². The highest BCUT2D eigenvalue weighted by Crippen LogP contribution is 1.85. The number of carbonyl (C=O) groups excluding carboxylic acids is 1. The van der Waals surface area contributed by atoms with Crippen LogP contribution in [0.1, 0.15) is 15.3 Å². The number of nitrogens with two attached hydrogens (primary N) is 1. The number of rotatable bonds is 1. The molecule has 38 valence electrons. The summed E-state index contributed by atoms with van der Waals surface area (Å²) in [4.78, 5) is 9.70. The minimum atomic E-state index is -0.639. The monoisotopic (exact) mass is 89.1 g/mol. The van der Waals surface area contributed by atoms with Crippen LogP contribution in [-0.2, 0) is 4.79 Å². The molecule has 0 atom stereocenters. The first-order valence-electron chi connectivity index (χ1n) is 1.81. The van der Waals surface area contributed by atoms with Crippen molar-refractivity contribution in [2.45, 2.75) is 19.4 Å².